The van der Waals surface area contributed by atoms with Crippen molar-refractivity contribution in [3.05, 3.63) is 11.8 Å². The van der Waals surface area contributed by atoms with Crippen molar-refractivity contribution < 1.29 is 18.6 Å². The molecule has 0 aliphatic carbocycles. The number of hydrogen-bond donors (Lipinski definition) is 1. The normalized spacial score (nSPS) is 20.9. The third-order valence-electron chi connectivity index (χ3n) is 1.49. The fraction of sp³-hybridized carbons (Fsp3) is 0.714. The van der Waals surface area contributed by atoms with E-state index in [-0.39, 0.29) is 5.76 Å². The smallest absolute Gasteiger partial charge is 0.271 e. The largest absolute Gasteiger partial charge is 0.495 e. The quantitative estimate of drug-likeness (QED) is 0.666. The molecule has 64 valence electrons. The Morgan fingerprint density at radius 3 is 2.73 bits per heavy atom. The Bertz CT molecular complexity index is 157. The molecule has 0 aromatic rings. The summed E-state index contributed by atoms with van der Waals surface area (Å²) in [5, 5.41) is 8.81. The van der Waals surface area contributed by atoms with Gasteiger partial charge in [-0.25, -0.2) is 8.78 Å². The van der Waals surface area contributed by atoms with Crippen molar-refractivity contribution in [2.45, 2.75) is 25.4 Å². The Balaban J connectivity index is 2.51. The molecular formula is C7H10F2O2. The predicted octanol–water partition coefficient (Wildman–Crippen LogP) is 1.31. The van der Waals surface area contributed by atoms with Crippen LogP contribution in [0.3, 0.4) is 0 Å². The highest BCUT2D eigenvalue weighted by molar-refractivity contribution is 5.02. The molecule has 0 bridgehead atoms. The highest BCUT2D eigenvalue weighted by Gasteiger charge is 2.23. The van der Waals surface area contributed by atoms with Crippen LogP contribution in [0.2, 0.25) is 0 Å². The van der Waals surface area contributed by atoms with Crippen LogP contribution in [0.15, 0.2) is 11.8 Å². The summed E-state index contributed by atoms with van der Waals surface area (Å²) >= 11 is 0. The van der Waals surface area contributed by atoms with Crippen LogP contribution in [0.5, 0.6) is 0 Å². The molecule has 1 unspecified atom stereocenters. The molecule has 1 aliphatic heterocycles. The molecule has 0 spiro atoms. The summed E-state index contributed by atoms with van der Waals surface area (Å²) in [6, 6.07) is 0. The van der Waals surface area contributed by atoms with Crippen molar-refractivity contribution in [1.29, 1.82) is 0 Å². The lowest BCUT2D eigenvalue weighted by Gasteiger charge is -2.18. The zero-order valence-electron chi connectivity index (χ0n) is 5.96. The molecule has 0 fully saturated rings. The second-order valence-corrected chi connectivity index (χ2v) is 2.38. The van der Waals surface area contributed by atoms with E-state index in [9.17, 15) is 8.78 Å². The van der Waals surface area contributed by atoms with Crippen molar-refractivity contribution >= 4 is 0 Å². The molecule has 1 atom stereocenters. The van der Waals surface area contributed by atoms with E-state index in [1.54, 1.807) is 0 Å². The van der Waals surface area contributed by atoms with E-state index in [2.05, 4.69) is 0 Å². The second-order valence-electron chi connectivity index (χ2n) is 2.38. The van der Waals surface area contributed by atoms with Crippen molar-refractivity contribution in [1.82, 2.24) is 0 Å². The summed E-state index contributed by atoms with van der Waals surface area (Å²) in [6.45, 7) is 0.426. The van der Waals surface area contributed by atoms with Gasteiger partial charge >= 0.3 is 0 Å². The first-order valence-corrected chi connectivity index (χ1v) is 3.51. The average Bonchev–Trinajstić information content (AvgIpc) is 2.05. The molecule has 4 heteroatoms. The molecule has 0 aromatic heterocycles. The lowest BCUT2D eigenvalue weighted by molar-refractivity contribution is -0.0203. The zero-order chi connectivity index (χ0) is 8.27. The number of ether oxygens (including phenoxy) is 1. The number of aliphatic hydroxyl groups is 1. The molecule has 1 rings (SSSR count). The Hall–Kier alpha value is -0.640. The Kier molecular flexibility index (Phi) is 2.82. The van der Waals surface area contributed by atoms with Crippen LogP contribution in [0, 0.1) is 0 Å². The van der Waals surface area contributed by atoms with Gasteiger partial charge in [-0.2, -0.15) is 0 Å². The average molecular weight is 164 g/mol. The van der Waals surface area contributed by atoms with Gasteiger partial charge in [0.25, 0.3) is 6.43 Å². The maximum Gasteiger partial charge on any atom is 0.271 e. The van der Waals surface area contributed by atoms with Crippen LogP contribution < -0.4 is 0 Å². The number of aliphatic hydroxyl groups excluding tert-OH is 1. The summed E-state index contributed by atoms with van der Waals surface area (Å²) in [5.74, 6) is 0.0197. The molecule has 11 heavy (non-hydrogen) atoms. The van der Waals surface area contributed by atoms with E-state index in [0.717, 1.165) is 6.42 Å². The first-order valence-electron chi connectivity index (χ1n) is 3.51. The van der Waals surface area contributed by atoms with E-state index in [1.165, 1.54) is 6.08 Å². The minimum absolute atomic E-state index is 0.0197. The third kappa shape index (κ3) is 2.15. The summed E-state index contributed by atoms with van der Waals surface area (Å²) in [5.41, 5.74) is 0. The van der Waals surface area contributed by atoms with Gasteiger partial charge in [0.2, 0.25) is 0 Å². The molecule has 0 saturated heterocycles. The van der Waals surface area contributed by atoms with Gasteiger partial charge in [-0.15, -0.1) is 0 Å². The first kappa shape index (κ1) is 8.46. The summed E-state index contributed by atoms with van der Waals surface area (Å²) in [4.78, 5) is 0. The van der Waals surface area contributed by atoms with Gasteiger partial charge in [-0.05, 0) is 18.9 Å². The van der Waals surface area contributed by atoms with E-state index in [4.69, 9.17) is 9.84 Å². The zero-order valence-corrected chi connectivity index (χ0v) is 5.96. The van der Waals surface area contributed by atoms with Gasteiger partial charge in [0, 0.05) is 0 Å². The molecule has 0 saturated carbocycles. The number of hydrogen-bond acceptors (Lipinski definition) is 2. The van der Waals surface area contributed by atoms with Gasteiger partial charge in [0.1, 0.15) is 5.76 Å². The van der Waals surface area contributed by atoms with Crippen LogP contribution in [0.4, 0.5) is 8.78 Å². The Labute approximate surface area is 63.5 Å². The fourth-order valence-electron chi connectivity index (χ4n) is 0.907. The third-order valence-corrected chi connectivity index (χ3v) is 1.49. The number of rotatable bonds is 2. The maximum absolute atomic E-state index is 11.8. The van der Waals surface area contributed by atoms with E-state index < -0.39 is 12.5 Å². The van der Waals surface area contributed by atoms with Gasteiger partial charge in [0.15, 0.2) is 6.10 Å². The number of allylic oxidation sites excluding steroid dienone is 1. The summed E-state index contributed by atoms with van der Waals surface area (Å²) in [6.07, 6.45) is -1.44. The van der Waals surface area contributed by atoms with Crippen LogP contribution >= 0.6 is 0 Å². The topological polar surface area (TPSA) is 29.5 Å². The number of alkyl halides is 2. The maximum atomic E-state index is 11.8. The molecule has 1 N–H and O–H groups in total. The van der Waals surface area contributed by atoms with Gasteiger partial charge in [-0.1, -0.05) is 0 Å². The molecular weight excluding hydrogens is 154 g/mol. The molecule has 2 nitrogen and oxygen atoms in total. The minimum Gasteiger partial charge on any atom is -0.495 e. The van der Waals surface area contributed by atoms with Crippen LogP contribution in [0.25, 0.3) is 0 Å². The monoisotopic (exact) mass is 164 g/mol. The van der Waals surface area contributed by atoms with Crippen LogP contribution in [0.1, 0.15) is 12.8 Å². The van der Waals surface area contributed by atoms with E-state index >= 15 is 0 Å². The van der Waals surface area contributed by atoms with Crippen LogP contribution in [-0.2, 0) is 4.74 Å². The lowest BCUT2D eigenvalue weighted by atomic mass is 10.2. The Morgan fingerprint density at radius 1 is 1.55 bits per heavy atom. The van der Waals surface area contributed by atoms with E-state index in [1.807, 2.05) is 0 Å². The predicted molar refractivity (Wildman–Crippen MR) is 35.3 cm³/mol. The minimum atomic E-state index is -2.75. The molecule has 1 heterocycles. The molecule has 0 radical (unpaired) electrons. The Morgan fingerprint density at radius 2 is 2.27 bits per heavy atom. The van der Waals surface area contributed by atoms with E-state index in [0.29, 0.717) is 13.0 Å². The fourth-order valence-corrected chi connectivity index (χ4v) is 0.907. The first-order chi connectivity index (χ1) is 5.22. The highest BCUT2D eigenvalue weighted by Crippen LogP contribution is 2.17. The highest BCUT2D eigenvalue weighted by atomic mass is 19.3. The SMILES string of the molecule is OC(C1=CCCCO1)C(F)F. The van der Waals surface area contributed by atoms with Gasteiger partial charge in [0.05, 0.1) is 6.61 Å². The van der Waals surface area contributed by atoms with Crippen molar-refractivity contribution in [2.24, 2.45) is 0 Å². The molecule has 0 aromatic carbocycles. The second kappa shape index (κ2) is 3.67. The molecule has 0 amide bonds. The number of halogens is 2. The van der Waals surface area contributed by atoms with Gasteiger partial charge < -0.3 is 9.84 Å². The summed E-state index contributed by atoms with van der Waals surface area (Å²) in [7, 11) is 0. The molecule has 1 aliphatic rings. The van der Waals surface area contributed by atoms with Crippen molar-refractivity contribution in [3.8, 4) is 0 Å². The summed E-state index contributed by atoms with van der Waals surface area (Å²) < 4.78 is 28.5. The van der Waals surface area contributed by atoms with Crippen molar-refractivity contribution in [3.63, 3.8) is 0 Å². The van der Waals surface area contributed by atoms with Crippen molar-refractivity contribution in [2.75, 3.05) is 6.61 Å². The lowest BCUT2D eigenvalue weighted by Crippen LogP contribution is -2.23. The standard InChI is InChI=1S/C7H10F2O2/c8-7(9)6(10)5-3-1-2-4-11-5/h3,6-7,10H,1-2,4H2. The van der Waals surface area contributed by atoms with Gasteiger partial charge in [-0.3, -0.25) is 0 Å². The van der Waals surface area contributed by atoms with Crippen LogP contribution in [-0.4, -0.2) is 24.2 Å².